The van der Waals surface area contributed by atoms with Crippen molar-refractivity contribution in [3.05, 3.63) is 30.1 Å². The van der Waals surface area contributed by atoms with Gasteiger partial charge in [0.1, 0.15) is 6.67 Å². The molecule has 1 aromatic heterocycles. The summed E-state index contributed by atoms with van der Waals surface area (Å²) in [4.78, 5) is 13.1. The van der Waals surface area contributed by atoms with Gasteiger partial charge in [0.05, 0.1) is 12.1 Å². The third-order valence-corrected chi connectivity index (χ3v) is 9.11. The third kappa shape index (κ3) is 3.11. The molecule has 0 amide bonds. The van der Waals surface area contributed by atoms with E-state index in [9.17, 15) is 14.3 Å². The average molecular weight is 401 g/mol. The Kier molecular flexibility index (Phi) is 4.73. The molecule has 158 valence electrons. The molecule has 7 atom stereocenters. The van der Waals surface area contributed by atoms with E-state index in [1.54, 1.807) is 10.9 Å². The summed E-state index contributed by atoms with van der Waals surface area (Å²) in [7, 11) is 0. The first-order valence-corrected chi connectivity index (χ1v) is 11.4. The molecule has 4 aliphatic carbocycles. The van der Waals surface area contributed by atoms with Crippen molar-refractivity contribution in [2.45, 2.75) is 70.4 Å². The fraction of sp³-hybridized carbons (Fsp3) is 0.750. The lowest BCUT2D eigenvalue weighted by Crippen LogP contribution is -2.49. The van der Waals surface area contributed by atoms with E-state index in [1.807, 2.05) is 12.3 Å². The molecule has 29 heavy (non-hydrogen) atoms. The second-order valence-corrected chi connectivity index (χ2v) is 10.5. The highest BCUT2D eigenvalue weighted by Crippen LogP contribution is 2.63. The molecule has 0 aliphatic heterocycles. The van der Waals surface area contributed by atoms with Gasteiger partial charge >= 0.3 is 0 Å². The molecule has 3 saturated carbocycles. The van der Waals surface area contributed by atoms with Gasteiger partial charge in [-0.3, -0.25) is 9.48 Å². The molecule has 1 aromatic rings. The van der Waals surface area contributed by atoms with Crippen LogP contribution in [0, 0.1) is 35.0 Å². The van der Waals surface area contributed by atoms with Crippen molar-refractivity contribution < 1.29 is 14.3 Å². The predicted octanol–water partition coefficient (Wildman–Crippen LogP) is 4.34. The van der Waals surface area contributed by atoms with Crippen molar-refractivity contribution in [2.24, 2.45) is 35.0 Å². The van der Waals surface area contributed by atoms with Gasteiger partial charge in [-0.15, -0.1) is 0 Å². The predicted molar refractivity (Wildman–Crippen MR) is 109 cm³/mol. The molecule has 1 N–H and O–H groups in total. The monoisotopic (exact) mass is 400 g/mol. The standard InChI is InChI=1S/C24H33FN2O2/c1-23-9-7-18-17-8-10-24(29,15-25)13-16(17)3-4-19(18)20(23)5-6-21(23)22(28)14-27-12-2-11-26-27/h2-3,11-12,17-21,29H,4-10,13-15H2,1H3. The van der Waals surface area contributed by atoms with Crippen LogP contribution in [0.15, 0.2) is 30.1 Å². The molecular weight excluding hydrogens is 367 g/mol. The maximum absolute atomic E-state index is 13.3. The van der Waals surface area contributed by atoms with Crippen LogP contribution in [0.1, 0.15) is 58.3 Å². The van der Waals surface area contributed by atoms with Crippen LogP contribution in [0.25, 0.3) is 0 Å². The van der Waals surface area contributed by atoms with E-state index in [0.29, 0.717) is 48.8 Å². The van der Waals surface area contributed by atoms with Gasteiger partial charge in [0, 0.05) is 18.3 Å². The van der Waals surface area contributed by atoms with E-state index in [-0.39, 0.29) is 11.3 Å². The number of fused-ring (bicyclic) bond motifs is 5. The number of nitrogens with zero attached hydrogens (tertiary/aromatic N) is 2. The van der Waals surface area contributed by atoms with Gasteiger partial charge in [-0.2, -0.15) is 5.10 Å². The number of allylic oxidation sites excluding steroid dienone is 1. The molecule has 7 unspecified atom stereocenters. The maximum atomic E-state index is 13.3. The summed E-state index contributed by atoms with van der Waals surface area (Å²) in [6, 6.07) is 1.87. The van der Waals surface area contributed by atoms with Crippen molar-refractivity contribution >= 4 is 5.78 Å². The Bertz CT molecular complexity index is 806. The van der Waals surface area contributed by atoms with Crippen molar-refractivity contribution in [3.63, 3.8) is 0 Å². The van der Waals surface area contributed by atoms with Gasteiger partial charge in [-0.05, 0) is 86.5 Å². The zero-order valence-corrected chi connectivity index (χ0v) is 17.4. The second-order valence-electron chi connectivity index (χ2n) is 10.5. The molecule has 0 bridgehead atoms. The van der Waals surface area contributed by atoms with Gasteiger partial charge in [-0.25, -0.2) is 4.39 Å². The van der Waals surface area contributed by atoms with Crippen molar-refractivity contribution in [1.82, 2.24) is 9.78 Å². The highest BCUT2D eigenvalue weighted by Gasteiger charge is 2.57. The largest absolute Gasteiger partial charge is 0.387 e. The molecule has 5 heteroatoms. The van der Waals surface area contributed by atoms with Gasteiger partial charge in [0.2, 0.25) is 0 Å². The van der Waals surface area contributed by atoms with Crippen LogP contribution in [-0.2, 0) is 11.3 Å². The van der Waals surface area contributed by atoms with Gasteiger partial charge < -0.3 is 5.11 Å². The van der Waals surface area contributed by atoms with E-state index in [2.05, 4.69) is 18.1 Å². The third-order valence-electron chi connectivity index (χ3n) is 9.11. The molecule has 1 heterocycles. The zero-order chi connectivity index (χ0) is 20.2. The Morgan fingerprint density at radius 2 is 2.14 bits per heavy atom. The number of halogens is 1. The summed E-state index contributed by atoms with van der Waals surface area (Å²) in [5.74, 6) is 2.90. The van der Waals surface area contributed by atoms with Gasteiger partial charge in [-0.1, -0.05) is 18.6 Å². The Morgan fingerprint density at radius 1 is 1.28 bits per heavy atom. The minimum Gasteiger partial charge on any atom is -0.387 e. The SMILES string of the molecule is CC12CCC3C4CCC(O)(CF)CC4=CCC3C1CCC2C(=O)Cn1cccn1. The molecule has 3 fully saturated rings. The van der Waals surface area contributed by atoms with E-state index >= 15 is 0 Å². The van der Waals surface area contributed by atoms with Crippen LogP contribution in [-0.4, -0.2) is 32.9 Å². The minimum absolute atomic E-state index is 0.102. The van der Waals surface area contributed by atoms with E-state index in [4.69, 9.17) is 0 Å². The van der Waals surface area contributed by atoms with Crippen LogP contribution < -0.4 is 0 Å². The second kappa shape index (κ2) is 7.04. The first kappa shape index (κ1) is 19.5. The number of hydrogen-bond acceptors (Lipinski definition) is 3. The van der Waals surface area contributed by atoms with Crippen LogP contribution in [0.2, 0.25) is 0 Å². The molecule has 0 saturated heterocycles. The van der Waals surface area contributed by atoms with Crippen molar-refractivity contribution in [3.8, 4) is 0 Å². The zero-order valence-electron chi connectivity index (χ0n) is 17.4. The van der Waals surface area contributed by atoms with E-state index in [1.165, 1.54) is 12.0 Å². The number of ketones is 1. The van der Waals surface area contributed by atoms with Crippen LogP contribution in [0.4, 0.5) is 4.39 Å². The quantitative estimate of drug-likeness (QED) is 0.765. The van der Waals surface area contributed by atoms with Crippen LogP contribution >= 0.6 is 0 Å². The molecule has 0 aromatic carbocycles. The lowest BCUT2D eigenvalue weighted by atomic mass is 9.51. The number of carbonyl (C=O) groups is 1. The fourth-order valence-electron chi connectivity index (χ4n) is 7.67. The summed E-state index contributed by atoms with van der Waals surface area (Å²) >= 11 is 0. The maximum Gasteiger partial charge on any atom is 0.157 e. The summed E-state index contributed by atoms with van der Waals surface area (Å²) in [6.45, 7) is 2.13. The van der Waals surface area contributed by atoms with Gasteiger partial charge in [0.25, 0.3) is 0 Å². The number of rotatable bonds is 4. The summed E-state index contributed by atoms with van der Waals surface area (Å²) < 4.78 is 15.1. The summed E-state index contributed by atoms with van der Waals surface area (Å²) in [5.41, 5.74) is 0.284. The molecule has 0 radical (unpaired) electrons. The Hall–Kier alpha value is -1.49. The number of aromatic nitrogens is 2. The molecular formula is C24H33FN2O2. The molecule has 0 spiro atoms. The number of alkyl halides is 1. The first-order chi connectivity index (χ1) is 13.9. The van der Waals surface area contributed by atoms with Gasteiger partial charge in [0.15, 0.2) is 5.78 Å². The summed E-state index contributed by atoms with van der Waals surface area (Å²) in [6.07, 6.45) is 13.4. The highest BCUT2D eigenvalue weighted by molar-refractivity contribution is 5.82. The normalized spacial score (nSPS) is 43.8. The Morgan fingerprint density at radius 3 is 2.90 bits per heavy atom. The summed E-state index contributed by atoms with van der Waals surface area (Å²) in [5, 5.41) is 14.7. The lowest BCUT2D eigenvalue weighted by Gasteiger charge is -2.54. The minimum atomic E-state index is -1.13. The Balaban J connectivity index is 1.34. The number of Topliss-reactive ketones (excluding diaryl/α,β-unsaturated/α-hetero) is 1. The first-order valence-electron chi connectivity index (χ1n) is 11.4. The Labute approximate surface area is 172 Å². The smallest absolute Gasteiger partial charge is 0.157 e. The van der Waals surface area contributed by atoms with E-state index < -0.39 is 12.3 Å². The van der Waals surface area contributed by atoms with Crippen molar-refractivity contribution in [1.29, 1.82) is 0 Å². The average Bonchev–Trinajstić information content (AvgIpc) is 3.34. The van der Waals surface area contributed by atoms with Crippen molar-refractivity contribution in [2.75, 3.05) is 6.67 Å². The number of hydrogen-bond donors (Lipinski definition) is 1. The lowest BCUT2D eigenvalue weighted by molar-refractivity contribution is -0.129. The molecule has 4 aliphatic rings. The van der Waals surface area contributed by atoms with E-state index in [0.717, 1.165) is 32.1 Å². The topological polar surface area (TPSA) is 55.1 Å². The number of aliphatic hydroxyl groups is 1. The molecule has 4 nitrogen and oxygen atoms in total. The molecule has 5 rings (SSSR count). The fourth-order valence-corrected chi connectivity index (χ4v) is 7.67. The van der Waals surface area contributed by atoms with Crippen LogP contribution in [0.3, 0.4) is 0 Å². The number of carbonyl (C=O) groups excluding carboxylic acids is 1. The highest BCUT2D eigenvalue weighted by atomic mass is 19.1. The van der Waals surface area contributed by atoms with Crippen LogP contribution in [0.5, 0.6) is 0 Å².